The van der Waals surface area contributed by atoms with Crippen molar-refractivity contribution in [2.75, 3.05) is 11.9 Å². The van der Waals surface area contributed by atoms with Crippen molar-refractivity contribution < 1.29 is 14.3 Å². The van der Waals surface area contributed by atoms with Crippen LogP contribution in [0.4, 0.5) is 5.69 Å². The van der Waals surface area contributed by atoms with Crippen LogP contribution in [0.1, 0.15) is 34.0 Å². The van der Waals surface area contributed by atoms with Crippen molar-refractivity contribution in [2.24, 2.45) is 0 Å². The van der Waals surface area contributed by atoms with E-state index in [1.807, 2.05) is 51.1 Å². The van der Waals surface area contributed by atoms with Gasteiger partial charge in [0.05, 0.1) is 5.56 Å². The fourth-order valence-electron chi connectivity index (χ4n) is 2.33. The standard InChI is InChI=1S/C19H21NO3/c1-4-15-5-7-16(8-6-15)19(22)23-12-18(21)20-17-10-13(2)9-14(3)11-17/h5-11H,4,12H2,1-3H3,(H,20,21). The third kappa shape index (κ3) is 4.95. The molecule has 0 radical (unpaired) electrons. The lowest BCUT2D eigenvalue weighted by Gasteiger charge is -2.08. The average Bonchev–Trinajstić information content (AvgIpc) is 2.51. The highest BCUT2D eigenvalue weighted by Gasteiger charge is 2.10. The van der Waals surface area contributed by atoms with Gasteiger partial charge in [0, 0.05) is 5.69 Å². The number of carbonyl (C=O) groups excluding carboxylic acids is 2. The molecule has 0 unspecified atom stereocenters. The van der Waals surface area contributed by atoms with Crippen molar-refractivity contribution in [3.05, 3.63) is 64.7 Å². The number of ether oxygens (including phenoxy) is 1. The Labute approximate surface area is 136 Å². The molecule has 2 aromatic rings. The van der Waals surface area contributed by atoms with Gasteiger partial charge in [0.1, 0.15) is 0 Å². The minimum absolute atomic E-state index is 0.304. The number of carbonyl (C=O) groups is 2. The van der Waals surface area contributed by atoms with Gasteiger partial charge in [-0.3, -0.25) is 4.79 Å². The molecule has 0 aliphatic rings. The molecule has 4 nitrogen and oxygen atoms in total. The molecule has 0 bridgehead atoms. The Hall–Kier alpha value is -2.62. The van der Waals surface area contributed by atoms with Crippen LogP contribution in [-0.4, -0.2) is 18.5 Å². The van der Waals surface area contributed by atoms with Gasteiger partial charge in [0.25, 0.3) is 5.91 Å². The van der Waals surface area contributed by atoms with E-state index in [0.29, 0.717) is 11.3 Å². The predicted octanol–water partition coefficient (Wildman–Crippen LogP) is 3.66. The van der Waals surface area contributed by atoms with Gasteiger partial charge in [-0.25, -0.2) is 4.79 Å². The van der Waals surface area contributed by atoms with Crippen molar-refractivity contribution in [1.82, 2.24) is 0 Å². The smallest absolute Gasteiger partial charge is 0.338 e. The number of hydrogen-bond donors (Lipinski definition) is 1. The van der Waals surface area contributed by atoms with Crippen LogP contribution in [-0.2, 0) is 16.0 Å². The Bertz CT molecular complexity index is 685. The number of hydrogen-bond acceptors (Lipinski definition) is 3. The molecule has 0 heterocycles. The van der Waals surface area contributed by atoms with Crippen LogP contribution in [0.5, 0.6) is 0 Å². The lowest BCUT2D eigenvalue weighted by Crippen LogP contribution is -2.21. The number of aryl methyl sites for hydroxylation is 3. The molecular weight excluding hydrogens is 290 g/mol. The number of rotatable bonds is 5. The summed E-state index contributed by atoms with van der Waals surface area (Å²) < 4.78 is 5.05. The summed E-state index contributed by atoms with van der Waals surface area (Å²) in [4.78, 5) is 23.8. The number of nitrogens with one attached hydrogen (secondary N) is 1. The lowest BCUT2D eigenvalue weighted by atomic mass is 10.1. The number of anilines is 1. The number of benzene rings is 2. The van der Waals surface area contributed by atoms with Crippen molar-refractivity contribution >= 4 is 17.6 Å². The Balaban J connectivity index is 1.89. The molecule has 23 heavy (non-hydrogen) atoms. The van der Waals surface area contributed by atoms with E-state index in [1.54, 1.807) is 12.1 Å². The fraction of sp³-hybridized carbons (Fsp3) is 0.263. The second-order valence-corrected chi connectivity index (χ2v) is 5.55. The molecule has 120 valence electrons. The van der Waals surface area contributed by atoms with E-state index in [1.165, 1.54) is 0 Å². The molecule has 4 heteroatoms. The molecule has 0 spiro atoms. The van der Waals surface area contributed by atoms with E-state index in [4.69, 9.17) is 4.74 Å². The molecular formula is C19H21NO3. The van der Waals surface area contributed by atoms with Crippen molar-refractivity contribution in [3.63, 3.8) is 0 Å². The molecule has 0 atom stereocenters. The van der Waals surface area contributed by atoms with E-state index in [2.05, 4.69) is 5.32 Å². The third-order valence-corrected chi connectivity index (χ3v) is 3.44. The van der Waals surface area contributed by atoms with Gasteiger partial charge in [-0.15, -0.1) is 0 Å². The first-order valence-electron chi connectivity index (χ1n) is 7.62. The Morgan fingerprint density at radius 1 is 1.00 bits per heavy atom. The number of esters is 1. The van der Waals surface area contributed by atoms with Crippen LogP contribution in [0.15, 0.2) is 42.5 Å². The highest BCUT2D eigenvalue weighted by molar-refractivity contribution is 5.95. The minimum atomic E-state index is -0.497. The molecule has 0 saturated heterocycles. The van der Waals surface area contributed by atoms with E-state index in [0.717, 1.165) is 23.1 Å². The van der Waals surface area contributed by atoms with Gasteiger partial charge < -0.3 is 10.1 Å². The summed E-state index contributed by atoms with van der Waals surface area (Å²) in [7, 11) is 0. The summed E-state index contributed by atoms with van der Waals surface area (Å²) >= 11 is 0. The van der Waals surface area contributed by atoms with E-state index in [9.17, 15) is 9.59 Å². The predicted molar refractivity (Wildman–Crippen MR) is 90.6 cm³/mol. The summed E-state index contributed by atoms with van der Waals surface area (Å²) in [5, 5.41) is 2.73. The Morgan fingerprint density at radius 2 is 1.61 bits per heavy atom. The zero-order valence-corrected chi connectivity index (χ0v) is 13.7. The van der Waals surface area contributed by atoms with Gasteiger partial charge in [0.2, 0.25) is 0 Å². The average molecular weight is 311 g/mol. The van der Waals surface area contributed by atoms with Crippen LogP contribution < -0.4 is 5.32 Å². The van der Waals surface area contributed by atoms with Crippen molar-refractivity contribution in [1.29, 1.82) is 0 Å². The molecule has 0 saturated carbocycles. The maximum absolute atomic E-state index is 11.9. The maximum atomic E-state index is 11.9. The monoisotopic (exact) mass is 311 g/mol. The summed E-state index contributed by atoms with van der Waals surface area (Å²) in [6.45, 7) is 5.66. The highest BCUT2D eigenvalue weighted by atomic mass is 16.5. The molecule has 2 aromatic carbocycles. The summed E-state index contributed by atoms with van der Waals surface area (Å²) in [5.41, 5.74) is 4.42. The fourth-order valence-corrected chi connectivity index (χ4v) is 2.33. The highest BCUT2D eigenvalue weighted by Crippen LogP contribution is 2.13. The van der Waals surface area contributed by atoms with Gasteiger partial charge in [-0.2, -0.15) is 0 Å². The van der Waals surface area contributed by atoms with Crippen LogP contribution >= 0.6 is 0 Å². The first kappa shape index (κ1) is 16.7. The second kappa shape index (κ2) is 7.58. The minimum Gasteiger partial charge on any atom is -0.452 e. The van der Waals surface area contributed by atoms with Crippen LogP contribution in [0.25, 0.3) is 0 Å². The zero-order valence-electron chi connectivity index (χ0n) is 13.7. The molecule has 1 N–H and O–H groups in total. The molecule has 0 aromatic heterocycles. The van der Waals surface area contributed by atoms with Crippen LogP contribution in [0, 0.1) is 13.8 Å². The Kier molecular flexibility index (Phi) is 5.52. The van der Waals surface area contributed by atoms with E-state index >= 15 is 0 Å². The molecule has 0 aliphatic carbocycles. The summed E-state index contributed by atoms with van der Waals surface area (Å²) in [5.74, 6) is -0.850. The van der Waals surface area contributed by atoms with Crippen LogP contribution in [0.2, 0.25) is 0 Å². The summed E-state index contributed by atoms with van der Waals surface area (Å²) in [6, 6.07) is 13.0. The Morgan fingerprint density at radius 3 is 2.17 bits per heavy atom. The van der Waals surface area contributed by atoms with E-state index in [-0.39, 0.29) is 12.5 Å². The van der Waals surface area contributed by atoms with Crippen molar-refractivity contribution in [3.8, 4) is 0 Å². The molecule has 2 rings (SSSR count). The van der Waals surface area contributed by atoms with Gasteiger partial charge in [-0.1, -0.05) is 25.1 Å². The topological polar surface area (TPSA) is 55.4 Å². The summed E-state index contributed by atoms with van der Waals surface area (Å²) in [6.07, 6.45) is 0.910. The SMILES string of the molecule is CCc1ccc(C(=O)OCC(=O)Nc2cc(C)cc(C)c2)cc1. The molecule has 1 amide bonds. The van der Waals surface area contributed by atoms with Crippen molar-refractivity contribution in [2.45, 2.75) is 27.2 Å². The van der Waals surface area contributed by atoms with Gasteiger partial charge >= 0.3 is 5.97 Å². The first-order chi connectivity index (χ1) is 11.0. The first-order valence-corrected chi connectivity index (χ1v) is 7.62. The maximum Gasteiger partial charge on any atom is 0.338 e. The van der Waals surface area contributed by atoms with Gasteiger partial charge in [0.15, 0.2) is 6.61 Å². The normalized spacial score (nSPS) is 10.2. The van der Waals surface area contributed by atoms with Crippen LogP contribution in [0.3, 0.4) is 0 Å². The number of amides is 1. The second-order valence-electron chi connectivity index (χ2n) is 5.55. The molecule has 0 aliphatic heterocycles. The zero-order chi connectivity index (χ0) is 16.8. The van der Waals surface area contributed by atoms with Gasteiger partial charge in [-0.05, 0) is 61.2 Å². The molecule has 0 fully saturated rings. The largest absolute Gasteiger partial charge is 0.452 e. The quantitative estimate of drug-likeness (QED) is 0.857. The lowest BCUT2D eigenvalue weighted by molar-refractivity contribution is -0.119. The van der Waals surface area contributed by atoms with E-state index < -0.39 is 5.97 Å². The third-order valence-electron chi connectivity index (χ3n) is 3.44.